The van der Waals surface area contributed by atoms with Crippen LogP contribution in [0.4, 0.5) is 35.1 Å². The third-order valence-corrected chi connectivity index (χ3v) is 5.72. The van der Waals surface area contributed by atoms with Gasteiger partial charge in [-0.2, -0.15) is 36.7 Å². The van der Waals surface area contributed by atoms with Crippen molar-refractivity contribution in [1.29, 1.82) is 5.26 Å². The molecular weight excluding hydrogens is 546 g/mol. The number of rotatable bonds is 8. The second kappa shape index (κ2) is 10.3. The molecule has 1 amide bonds. The fourth-order valence-electron chi connectivity index (χ4n) is 3.77. The van der Waals surface area contributed by atoms with Gasteiger partial charge in [-0.15, -0.1) is 0 Å². The van der Waals surface area contributed by atoms with E-state index >= 15 is 0 Å². The van der Waals surface area contributed by atoms with E-state index in [1.807, 2.05) is 5.32 Å². The number of hydrogen-bond donors (Lipinski definition) is 1. The molecule has 39 heavy (non-hydrogen) atoms. The lowest BCUT2D eigenvalue weighted by molar-refractivity contribution is -0.278. The number of carbonyl (C=O) groups is 2. The Hall–Kier alpha value is -4.03. The predicted molar refractivity (Wildman–Crippen MR) is 117 cm³/mol. The Bertz CT molecular complexity index is 1350. The average Bonchev–Trinajstić information content (AvgIpc) is 3.45. The number of benzene rings is 1. The van der Waals surface area contributed by atoms with Gasteiger partial charge in [0.05, 0.1) is 36.0 Å². The van der Waals surface area contributed by atoms with Gasteiger partial charge in [-0.1, -0.05) is 11.2 Å². The molecule has 1 aliphatic heterocycles. The summed E-state index contributed by atoms with van der Waals surface area (Å²) in [6.45, 7) is -0.341. The largest absolute Gasteiger partial charge is 0.437 e. The zero-order valence-electron chi connectivity index (χ0n) is 20.2. The summed E-state index contributed by atoms with van der Waals surface area (Å²) in [4.78, 5) is 28.9. The minimum absolute atomic E-state index is 0.0737. The Morgan fingerprint density at radius 1 is 1.13 bits per heavy atom. The first-order valence-corrected chi connectivity index (χ1v) is 11.0. The van der Waals surface area contributed by atoms with E-state index < -0.39 is 72.8 Å². The first-order chi connectivity index (χ1) is 17.9. The third kappa shape index (κ3) is 6.35. The molecule has 1 unspecified atom stereocenters. The van der Waals surface area contributed by atoms with Crippen LogP contribution in [0, 0.1) is 11.3 Å². The number of amides is 1. The number of carbonyl (C=O) groups excluding carboxylic acids is 2. The fourth-order valence-corrected chi connectivity index (χ4v) is 3.77. The second-order valence-corrected chi connectivity index (χ2v) is 8.81. The Morgan fingerprint density at radius 2 is 1.79 bits per heavy atom. The van der Waals surface area contributed by atoms with Gasteiger partial charge in [0, 0.05) is 37.9 Å². The molecule has 0 radical (unpaired) electrons. The summed E-state index contributed by atoms with van der Waals surface area (Å²) in [5.74, 6) is -4.69. The second-order valence-electron chi connectivity index (χ2n) is 8.81. The van der Waals surface area contributed by atoms with Crippen LogP contribution >= 0.6 is 0 Å². The smallest absolute Gasteiger partial charge is 0.372 e. The van der Waals surface area contributed by atoms with Crippen molar-refractivity contribution in [3.63, 3.8) is 0 Å². The van der Waals surface area contributed by atoms with Crippen molar-refractivity contribution in [3.05, 3.63) is 52.3 Å². The maximum Gasteiger partial charge on any atom is 0.437 e. The number of ketones is 1. The Morgan fingerprint density at radius 3 is 2.33 bits per heavy atom. The minimum atomic E-state index is -5.23. The van der Waals surface area contributed by atoms with Crippen LogP contribution in [-0.2, 0) is 28.5 Å². The molecule has 1 aromatic carbocycles. The molecule has 1 N–H and O–H groups in total. The normalized spacial score (nSPS) is 17.8. The lowest BCUT2D eigenvalue weighted by Gasteiger charge is -2.28. The SMILES string of the molecule is Cn1nc(C(F)(F)F)cc1C1(C(F)(F)F)CC(c2ccc(C(=O)CCC(=O)NCC(C)(F)F)c(C#N)c2)=NO1. The summed E-state index contributed by atoms with van der Waals surface area (Å²) in [6, 6.07) is 5.23. The van der Waals surface area contributed by atoms with Crippen molar-refractivity contribution in [2.75, 3.05) is 6.54 Å². The van der Waals surface area contributed by atoms with Gasteiger partial charge in [-0.3, -0.25) is 14.3 Å². The van der Waals surface area contributed by atoms with Crippen LogP contribution < -0.4 is 5.32 Å². The lowest BCUT2D eigenvalue weighted by Crippen LogP contribution is -2.44. The fraction of sp³-hybridized carbons (Fsp3) is 0.435. The number of oxime groups is 1. The number of aromatic nitrogens is 2. The van der Waals surface area contributed by atoms with Gasteiger partial charge in [-0.25, -0.2) is 8.78 Å². The molecule has 8 nitrogen and oxygen atoms in total. The van der Waals surface area contributed by atoms with E-state index in [2.05, 4.69) is 10.3 Å². The van der Waals surface area contributed by atoms with Crippen LogP contribution in [0.3, 0.4) is 0 Å². The number of hydrogen-bond acceptors (Lipinski definition) is 6. The minimum Gasteiger partial charge on any atom is -0.372 e. The number of nitrogens with zero attached hydrogens (tertiary/aromatic N) is 4. The van der Waals surface area contributed by atoms with Crippen LogP contribution in [0.25, 0.3) is 0 Å². The molecule has 1 aromatic heterocycles. The Kier molecular flexibility index (Phi) is 7.77. The molecule has 16 heteroatoms. The molecule has 0 spiro atoms. The van der Waals surface area contributed by atoms with E-state index in [1.165, 1.54) is 0 Å². The lowest BCUT2D eigenvalue weighted by atomic mass is 9.88. The number of alkyl halides is 8. The predicted octanol–water partition coefficient (Wildman–Crippen LogP) is 4.63. The van der Waals surface area contributed by atoms with Gasteiger partial charge in [0.1, 0.15) is 0 Å². The zero-order valence-corrected chi connectivity index (χ0v) is 20.2. The van der Waals surface area contributed by atoms with Crippen LogP contribution in [-0.4, -0.2) is 45.8 Å². The topological polar surface area (TPSA) is 109 Å². The van der Waals surface area contributed by atoms with E-state index in [0.717, 1.165) is 25.2 Å². The summed E-state index contributed by atoms with van der Waals surface area (Å²) >= 11 is 0. The Balaban J connectivity index is 1.83. The van der Waals surface area contributed by atoms with Crippen LogP contribution in [0.1, 0.15) is 59.1 Å². The van der Waals surface area contributed by atoms with Crippen LogP contribution in [0.15, 0.2) is 29.4 Å². The molecule has 2 aromatic rings. The molecule has 0 saturated carbocycles. The van der Waals surface area contributed by atoms with Gasteiger partial charge in [0.15, 0.2) is 11.5 Å². The first-order valence-electron chi connectivity index (χ1n) is 11.0. The van der Waals surface area contributed by atoms with Crippen molar-refractivity contribution in [2.24, 2.45) is 12.2 Å². The highest BCUT2D eigenvalue weighted by Gasteiger charge is 2.64. The molecule has 1 atom stereocenters. The van der Waals surface area contributed by atoms with Gasteiger partial charge in [0.2, 0.25) is 5.91 Å². The van der Waals surface area contributed by atoms with Crippen LogP contribution in [0.2, 0.25) is 0 Å². The zero-order chi connectivity index (χ0) is 29.4. The van der Waals surface area contributed by atoms with E-state index in [0.29, 0.717) is 11.6 Å². The van der Waals surface area contributed by atoms with Crippen LogP contribution in [0.5, 0.6) is 0 Å². The third-order valence-electron chi connectivity index (χ3n) is 5.72. The maximum absolute atomic E-state index is 14.2. The number of nitriles is 1. The molecule has 0 saturated heterocycles. The van der Waals surface area contributed by atoms with Crippen molar-refractivity contribution >= 4 is 17.4 Å². The quantitative estimate of drug-likeness (QED) is 0.371. The van der Waals surface area contributed by atoms with Crippen molar-refractivity contribution in [3.8, 4) is 6.07 Å². The summed E-state index contributed by atoms with van der Waals surface area (Å²) in [5, 5.41) is 18.0. The van der Waals surface area contributed by atoms with Gasteiger partial charge < -0.3 is 10.2 Å². The monoisotopic (exact) mass is 565 g/mol. The standard InChI is InChI=1S/C23H19F8N5O3/c1-20(24,25)11-33-19(38)6-5-16(37)14-4-3-12(7-13(14)10-32)15-9-21(39-35-15,23(29,30)31)18-8-17(22(26,27)28)34-36(18)2/h3-4,7-8H,5-6,9,11H2,1-2H3,(H,33,38). The van der Waals surface area contributed by atoms with Crippen molar-refractivity contribution < 1.29 is 49.5 Å². The Labute approximate surface area is 215 Å². The summed E-state index contributed by atoms with van der Waals surface area (Å²) in [6.07, 6.45) is -12.2. The van der Waals surface area contributed by atoms with Crippen molar-refractivity contribution in [1.82, 2.24) is 15.1 Å². The molecule has 0 bridgehead atoms. The highest BCUT2D eigenvalue weighted by molar-refractivity contribution is 6.05. The van der Waals surface area contributed by atoms with E-state index in [4.69, 9.17) is 4.84 Å². The molecular formula is C23H19F8N5O3. The van der Waals surface area contributed by atoms with Gasteiger partial charge in [-0.05, 0) is 18.2 Å². The molecule has 3 rings (SSSR count). The number of nitrogens with one attached hydrogen (secondary N) is 1. The van der Waals surface area contributed by atoms with E-state index in [-0.39, 0.29) is 28.5 Å². The number of Topliss-reactive ketones (excluding diaryl/α,β-unsaturated/α-hetero) is 1. The van der Waals surface area contributed by atoms with Crippen molar-refractivity contribution in [2.45, 2.75) is 50.1 Å². The summed E-state index contributed by atoms with van der Waals surface area (Å²) < 4.78 is 108. The number of aryl methyl sites for hydroxylation is 1. The van der Waals surface area contributed by atoms with E-state index in [1.54, 1.807) is 6.07 Å². The van der Waals surface area contributed by atoms with Gasteiger partial charge in [0.25, 0.3) is 11.5 Å². The maximum atomic E-state index is 14.2. The highest BCUT2D eigenvalue weighted by Crippen LogP contribution is 2.49. The molecule has 0 aliphatic carbocycles. The molecule has 2 heterocycles. The highest BCUT2D eigenvalue weighted by atomic mass is 19.4. The summed E-state index contributed by atoms with van der Waals surface area (Å²) in [5.41, 5.74) is -6.73. The average molecular weight is 565 g/mol. The van der Waals surface area contributed by atoms with Gasteiger partial charge >= 0.3 is 12.4 Å². The first kappa shape index (κ1) is 29.5. The molecule has 0 fully saturated rings. The molecule has 210 valence electrons. The van der Waals surface area contributed by atoms with E-state index in [9.17, 15) is 50.0 Å². The number of halogens is 8. The summed E-state index contributed by atoms with van der Waals surface area (Å²) in [7, 11) is 0.891. The molecule has 1 aliphatic rings.